The Morgan fingerprint density at radius 3 is 2.81 bits per heavy atom. The third kappa shape index (κ3) is 2.47. The minimum atomic E-state index is 0. The Hall–Kier alpha value is -1.39. The number of aromatic nitrogens is 2. The van der Waals surface area contributed by atoms with Gasteiger partial charge in [-0.15, -0.1) is 12.4 Å². The van der Waals surface area contributed by atoms with Gasteiger partial charge in [-0.2, -0.15) is 4.98 Å². The minimum Gasteiger partial charge on any atom is -0.339 e. The molecule has 112 valence electrons. The van der Waals surface area contributed by atoms with Gasteiger partial charge in [-0.1, -0.05) is 36.3 Å². The minimum absolute atomic E-state index is 0. The van der Waals surface area contributed by atoms with Crippen molar-refractivity contribution < 1.29 is 4.52 Å². The molecule has 2 atom stereocenters. The molecule has 4 rings (SSSR count). The molecule has 0 amide bonds. The van der Waals surface area contributed by atoms with Crippen LogP contribution in [0.4, 0.5) is 0 Å². The highest BCUT2D eigenvalue weighted by Crippen LogP contribution is 2.62. The van der Waals surface area contributed by atoms with Crippen LogP contribution in [0.15, 0.2) is 28.8 Å². The van der Waals surface area contributed by atoms with E-state index in [0.29, 0.717) is 11.3 Å². The van der Waals surface area contributed by atoms with Gasteiger partial charge in [-0.3, -0.25) is 0 Å². The summed E-state index contributed by atoms with van der Waals surface area (Å²) < 4.78 is 5.50. The van der Waals surface area contributed by atoms with Crippen LogP contribution in [-0.4, -0.2) is 23.2 Å². The second-order valence-electron chi connectivity index (χ2n) is 6.05. The SMILES string of the molecule is CCc1ccc(-c2noc(C3CC34CCNC4)n2)cc1.Cl. The van der Waals surface area contributed by atoms with E-state index >= 15 is 0 Å². The van der Waals surface area contributed by atoms with E-state index in [1.807, 2.05) is 0 Å². The number of hydrogen-bond donors (Lipinski definition) is 1. The summed E-state index contributed by atoms with van der Waals surface area (Å²) in [6, 6.07) is 8.41. The third-order valence-corrected chi connectivity index (χ3v) is 4.83. The number of aryl methyl sites for hydroxylation is 1. The maximum atomic E-state index is 5.50. The average molecular weight is 306 g/mol. The topological polar surface area (TPSA) is 51.0 Å². The number of nitrogens with zero attached hydrogens (tertiary/aromatic N) is 2. The van der Waals surface area contributed by atoms with E-state index in [9.17, 15) is 0 Å². The summed E-state index contributed by atoms with van der Waals surface area (Å²) in [5.74, 6) is 2.01. The maximum Gasteiger partial charge on any atom is 0.230 e. The van der Waals surface area contributed by atoms with Gasteiger partial charge in [0.2, 0.25) is 11.7 Å². The van der Waals surface area contributed by atoms with Crippen LogP contribution in [-0.2, 0) is 6.42 Å². The molecule has 1 aliphatic heterocycles. The van der Waals surface area contributed by atoms with Gasteiger partial charge in [-0.25, -0.2) is 0 Å². The number of halogens is 1. The summed E-state index contributed by atoms with van der Waals surface area (Å²) in [4.78, 5) is 4.61. The second-order valence-corrected chi connectivity index (χ2v) is 6.05. The zero-order valence-corrected chi connectivity index (χ0v) is 12.9. The van der Waals surface area contributed by atoms with E-state index in [4.69, 9.17) is 4.52 Å². The first-order valence-electron chi connectivity index (χ1n) is 7.44. The van der Waals surface area contributed by atoms with Crippen molar-refractivity contribution in [2.75, 3.05) is 13.1 Å². The van der Waals surface area contributed by atoms with Crippen molar-refractivity contribution in [2.45, 2.75) is 32.1 Å². The fraction of sp³-hybridized carbons (Fsp3) is 0.500. The zero-order chi connectivity index (χ0) is 13.6. The van der Waals surface area contributed by atoms with E-state index < -0.39 is 0 Å². The normalized spacial score (nSPS) is 26.8. The lowest BCUT2D eigenvalue weighted by atomic mass is 10.0. The number of rotatable bonds is 3. The first-order valence-corrected chi connectivity index (χ1v) is 7.44. The Bertz CT molecular complexity index is 617. The highest BCUT2D eigenvalue weighted by Gasteiger charge is 2.58. The van der Waals surface area contributed by atoms with Crippen molar-refractivity contribution in [3.8, 4) is 11.4 Å². The molecule has 1 saturated heterocycles. The van der Waals surface area contributed by atoms with Crippen LogP contribution < -0.4 is 5.32 Å². The summed E-state index contributed by atoms with van der Waals surface area (Å²) in [6.45, 7) is 4.38. The number of hydrogen-bond acceptors (Lipinski definition) is 4. The quantitative estimate of drug-likeness (QED) is 0.946. The smallest absolute Gasteiger partial charge is 0.230 e. The van der Waals surface area contributed by atoms with Crippen LogP contribution in [0, 0.1) is 5.41 Å². The molecule has 2 aromatic rings. The Kier molecular flexibility index (Phi) is 3.76. The van der Waals surface area contributed by atoms with E-state index in [1.54, 1.807) is 0 Å². The maximum absolute atomic E-state index is 5.50. The Balaban J connectivity index is 0.00000132. The molecular weight excluding hydrogens is 286 g/mol. The molecule has 1 spiro atoms. The Labute approximate surface area is 130 Å². The molecule has 1 aromatic carbocycles. The van der Waals surface area contributed by atoms with Gasteiger partial charge in [0.15, 0.2) is 0 Å². The number of nitrogens with one attached hydrogen (secondary N) is 1. The molecule has 5 heteroatoms. The molecule has 4 nitrogen and oxygen atoms in total. The van der Waals surface area contributed by atoms with Crippen molar-refractivity contribution in [3.05, 3.63) is 35.7 Å². The molecule has 1 aliphatic carbocycles. The highest BCUT2D eigenvalue weighted by atomic mass is 35.5. The molecule has 2 aliphatic rings. The summed E-state index contributed by atoms with van der Waals surface area (Å²) in [5, 5.41) is 7.59. The fourth-order valence-electron chi connectivity index (χ4n) is 3.32. The van der Waals surface area contributed by atoms with E-state index in [2.05, 4.69) is 46.6 Å². The largest absolute Gasteiger partial charge is 0.339 e. The molecule has 21 heavy (non-hydrogen) atoms. The van der Waals surface area contributed by atoms with Crippen LogP contribution in [0.3, 0.4) is 0 Å². The molecule has 1 aromatic heterocycles. The van der Waals surface area contributed by atoms with Crippen LogP contribution in [0.25, 0.3) is 11.4 Å². The fourth-order valence-corrected chi connectivity index (χ4v) is 3.32. The van der Waals surface area contributed by atoms with Gasteiger partial charge in [0.25, 0.3) is 0 Å². The van der Waals surface area contributed by atoms with E-state index in [-0.39, 0.29) is 12.4 Å². The summed E-state index contributed by atoms with van der Waals surface area (Å²) in [5.41, 5.74) is 2.78. The lowest BCUT2D eigenvalue weighted by molar-refractivity contribution is 0.364. The Morgan fingerprint density at radius 1 is 1.33 bits per heavy atom. The second kappa shape index (κ2) is 5.43. The van der Waals surface area contributed by atoms with Crippen molar-refractivity contribution in [1.29, 1.82) is 0 Å². The molecule has 1 saturated carbocycles. The molecule has 2 heterocycles. The predicted octanol–water partition coefficient (Wildman–Crippen LogP) is 3.19. The van der Waals surface area contributed by atoms with Crippen LogP contribution in [0.2, 0.25) is 0 Å². The molecule has 2 unspecified atom stereocenters. The van der Waals surface area contributed by atoms with Crippen LogP contribution in [0.1, 0.15) is 37.1 Å². The lowest BCUT2D eigenvalue weighted by Crippen LogP contribution is -2.10. The monoisotopic (exact) mass is 305 g/mol. The van der Waals surface area contributed by atoms with Crippen molar-refractivity contribution in [1.82, 2.24) is 15.5 Å². The van der Waals surface area contributed by atoms with Crippen molar-refractivity contribution in [2.24, 2.45) is 5.41 Å². The standard InChI is InChI=1S/C16H19N3O.ClH/c1-2-11-3-5-12(6-4-11)14-18-15(20-19-14)13-9-16(13)7-8-17-10-16;/h3-6,13,17H,2,7-10H2,1H3;1H. The summed E-state index contributed by atoms with van der Waals surface area (Å²) >= 11 is 0. The predicted molar refractivity (Wildman–Crippen MR) is 83.6 cm³/mol. The van der Waals surface area contributed by atoms with E-state index in [1.165, 1.54) is 18.4 Å². The highest BCUT2D eigenvalue weighted by molar-refractivity contribution is 5.85. The van der Waals surface area contributed by atoms with Gasteiger partial charge < -0.3 is 9.84 Å². The summed E-state index contributed by atoms with van der Waals surface area (Å²) in [7, 11) is 0. The number of benzene rings is 1. The molecule has 0 radical (unpaired) electrons. The third-order valence-electron chi connectivity index (χ3n) is 4.83. The molecule has 1 N–H and O–H groups in total. The van der Waals surface area contributed by atoms with Gasteiger partial charge in [0.05, 0.1) is 0 Å². The van der Waals surface area contributed by atoms with Crippen LogP contribution >= 0.6 is 12.4 Å². The Morgan fingerprint density at radius 2 is 2.14 bits per heavy atom. The molecule has 0 bridgehead atoms. The average Bonchev–Trinajstić information content (AvgIpc) is 2.86. The first kappa shape index (κ1) is 14.5. The first-order chi connectivity index (χ1) is 9.81. The van der Waals surface area contributed by atoms with Gasteiger partial charge in [0.1, 0.15) is 0 Å². The van der Waals surface area contributed by atoms with Crippen LogP contribution in [0.5, 0.6) is 0 Å². The van der Waals surface area contributed by atoms with Gasteiger partial charge in [-0.05, 0) is 36.8 Å². The molecular formula is C16H20ClN3O. The zero-order valence-electron chi connectivity index (χ0n) is 12.1. The molecule has 2 fully saturated rings. The van der Waals surface area contributed by atoms with Crippen molar-refractivity contribution >= 4 is 12.4 Å². The van der Waals surface area contributed by atoms with Gasteiger partial charge >= 0.3 is 0 Å². The van der Waals surface area contributed by atoms with Crippen molar-refractivity contribution in [3.63, 3.8) is 0 Å². The summed E-state index contributed by atoms with van der Waals surface area (Å²) in [6.07, 6.45) is 3.48. The van der Waals surface area contributed by atoms with E-state index in [0.717, 1.165) is 36.8 Å². The lowest BCUT2D eigenvalue weighted by Gasteiger charge is -2.02. The van der Waals surface area contributed by atoms with Gasteiger partial charge in [0, 0.05) is 18.0 Å².